The number of hydrogen-bond donors (Lipinski definition) is 2. The molecule has 21 heavy (non-hydrogen) atoms. The van der Waals surface area contributed by atoms with Crippen molar-refractivity contribution >= 4 is 21.8 Å². The van der Waals surface area contributed by atoms with E-state index >= 15 is 0 Å². The molecule has 0 spiro atoms. The zero-order valence-electron chi connectivity index (χ0n) is 12.7. The lowest BCUT2D eigenvalue weighted by atomic mass is 10.1. The van der Waals surface area contributed by atoms with Crippen molar-refractivity contribution in [2.24, 2.45) is 0 Å². The standard InChI is InChI=1S/C14H23FN2O2S2/c1-4-5-16-10-12-9-13(8-11(2)14(12)15)21(18,19)17-6-7-20-3/h8-9,16-17H,4-7,10H2,1-3H3. The van der Waals surface area contributed by atoms with Crippen LogP contribution in [0.5, 0.6) is 0 Å². The van der Waals surface area contributed by atoms with Gasteiger partial charge in [-0.15, -0.1) is 0 Å². The molecule has 0 radical (unpaired) electrons. The van der Waals surface area contributed by atoms with Gasteiger partial charge in [-0.05, 0) is 43.8 Å². The van der Waals surface area contributed by atoms with Crippen molar-refractivity contribution in [1.82, 2.24) is 10.0 Å². The predicted molar refractivity (Wildman–Crippen MR) is 86.7 cm³/mol. The van der Waals surface area contributed by atoms with Crippen LogP contribution in [-0.4, -0.2) is 33.5 Å². The zero-order valence-corrected chi connectivity index (χ0v) is 14.3. The molecular weight excluding hydrogens is 311 g/mol. The Balaban J connectivity index is 2.97. The SMILES string of the molecule is CCCNCc1cc(S(=O)(=O)NCCSC)cc(C)c1F. The van der Waals surface area contributed by atoms with Crippen LogP contribution in [0.25, 0.3) is 0 Å². The molecule has 0 saturated heterocycles. The Bertz CT molecular complexity index is 562. The molecule has 0 aliphatic rings. The van der Waals surface area contributed by atoms with E-state index in [1.165, 1.54) is 12.1 Å². The van der Waals surface area contributed by atoms with E-state index in [4.69, 9.17) is 0 Å². The normalized spacial score (nSPS) is 11.8. The second kappa shape index (κ2) is 8.73. The van der Waals surface area contributed by atoms with Crippen LogP contribution in [0.4, 0.5) is 4.39 Å². The van der Waals surface area contributed by atoms with Crippen molar-refractivity contribution in [3.63, 3.8) is 0 Å². The van der Waals surface area contributed by atoms with E-state index in [9.17, 15) is 12.8 Å². The molecule has 4 nitrogen and oxygen atoms in total. The first kappa shape index (κ1) is 18.4. The molecule has 120 valence electrons. The van der Waals surface area contributed by atoms with Crippen LogP contribution in [0.15, 0.2) is 17.0 Å². The van der Waals surface area contributed by atoms with Gasteiger partial charge < -0.3 is 5.32 Å². The van der Waals surface area contributed by atoms with Crippen LogP contribution >= 0.6 is 11.8 Å². The minimum Gasteiger partial charge on any atom is -0.313 e. The summed E-state index contributed by atoms with van der Waals surface area (Å²) in [5.41, 5.74) is 0.727. The molecular formula is C14H23FN2O2S2. The van der Waals surface area contributed by atoms with Crippen LogP contribution in [0.2, 0.25) is 0 Å². The minimum absolute atomic E-state index is 0.121. The Labute approximate surface area is 131 Å². The summed E-state index contributed by atoms with van der Waals surface area (Å²) in [5, 5.41) is 3.09. The molecule has 1 aromatic carbocycles. The molecule has 0 aliphatic heterocycles. The third-order valence-corrected chi connectivity index (χ3v) is 5.01. The van der Waals surface area contributed by atoms with Crippen LogP contribution in [-0.2, 0) is 16.6 Å². The summed E-state index contributed by atoms with van der Waals surface area (Å²) in [6, 6.07) is 2.78. The number of nitrogens with one attached hydrogen (secondary N) is 2. The molecule has 0 heterocycles. The second-order valence-electron chi connectivity index (χ2n) is 4.78. The quantitative estimate of drug-likeness (QED) is 0.680. The summed E-state index contributed by atoms with van der Waals surface area (Å²) in [6.45, 7) is 5.06. The summed E-state index contributed by atoms with van der Waals surface area (Å²) >= 11 is 1.56. The van der Waals surface area contributed by atoms with Crippen molar-refractivity contribution < 1.29 is 12.8 Å². The van der Waals surface area contributed by atoms with Gasteiger partial charge in [-0.3, -0.25) is 0 Å². The molecule has 0 aliphatic carbocycles. The van der Waals surface area contributed by atoms with E-state index in [2.05, 4.69) is 10.0 Å². The summed E-state index contributed by atoms with van der Waals surface area (Å²) in [6.07, 6.45) is 2.85. The van der Waals surface area contributed by atoms with Gasteiger partial charge in [-0.1, -0.05) is 6.92 Å². The predicted octanol–water partition coefficient (Wildman–Crippen LogP) is 2.28. The fourth-order valence-electron chi connectivity index (χ4n) is 1.85. The molecule has 0 fully saturated rings. The van der Waals surface area contributed by atoms with Gasteiger partial charge in [0.1, 0.15) is 5.82 Å². The number of hydrogen-bond acceptors (Lipinski definition) is 4. The number of benzene rings is 1. The fraction of sp³-hybridized carbons (Fsp3) is 0.571. The highest BCUT2D eigenvalue weighted by Gasteiger charge is 2.17. The van der Waals surface area contributed by atoms with Crippen molar-refractivity contribution in [2.45, 2.75) is 31.7 Å². The minimum atomic E-state index is -3.58. The van der Waals surface area contributed by atoms with Crippen molar-refractivity contribution in [2.75, 3.05) is 25.1 Å². The molecule has 1 rings (SSSR count). The van der Waals surface area contributed by atoms with Gasteiger partial charge in [0.15, 0.2) is 0 Å². The van der Waals surface area contributed by atoms with Gasteiger partial charge in [-0.25, -0.2) is 17.5 Å². The molecule has 0 unspecified atom stereocenters. The Morgan fingerprint density at radius 3 is 2.62 bits per heavy atom. The third-order valence-electron chi connectivity index (χ3n) is 2.95. The topological polar surface area (TPSA) is 58.2 Å². The number of halogens is 1. The van der Waals surface area contributed by atoms with E-state index in [1.54, 1.807) is 18.7 Å². The van der Waals surface area contributed by atoms with Crippen molar-refractivity contribution in [3.05, 3.63) is 29.1 Å². The summed E-state index contributed by atoms with van der Waals surface area (Å²) in [5.74, 6) is 0.353. The Kier molecular flexibility index (Phi) is 7.65. The lowest BCUT2D eigenvalue weighted by Crippen LogP contribution is -2.26. The Hall–Kier alpha value is -0.630. The van der Waals surface area contributed by atoms with Gasteiger partial charge in [0.2, 0.25) is 10.0 Å². The van der Waals surface area contributed by atoms with E-state index in [1.807, 2.05) is 13.2 Å². The Morgan fingerprint density at radius 1 is 1.29 bits per heavy atom. The van der Waals surface area contributed by atoms with Crippen LogP contribution in [0.1, 0.15) is 24.5 Å². The Morgan fingerprint density at radius 2 is 2.00 bits per heavy atom. The lowest BCUT2D eigenvalue weighted by Gasteiger charge is -2.12. The maximum atomic E-state index is 14.0. The average molecular weight is 334 g/mol. The van der Waals surface area contributed by atoms with Crippen molar-refractivity contribution in [1.29, 1.82) is 0 Å². The van der Waals surface area contributed by atoms with Gasteiger partial charge in [0.25, 0.3) is 0 Å². The second-order valence-corrected chi connectivity index (χ2v) is 7.53. The van der Waals surface area contributed by atoms with E-state index in [0.717, 1.165) is 13.0 Å². The number of thioether (sulfide) groups is 1. The summed E-state index contributed by atoms with van der Waals surface area (Å²) < 4.78 is 41.0. The summed E-state index contributed by atoms with van der Waals surface area (Å²) in [7, 11) is -3.58. The fourth-order valence-corrected chi connectivity index (χ4v) is 3.45. The maximum absolute atomic E-state index is 14.0. The monoisotopic (exact) mass is 334 g/mol. The maximum Gasteiger partial charge on any atom is 0.240 e. The van der Waals surface area contributed by atoms with Gasteiger partial charge >= 0.3 is 0 Å². The molecule has 2 N–H and O–H groups in total. The highest BCUT2D eigenvalue weighted by atomic mass is 32.2. The number of aryl methyl sites for hydroxylation is 1. The van der Waals surface area contributed by atoms with Crippen LogP contribution < -0.4 is 10.0 Å². The average Bonchev–Trinajstić information content (AvgIpc) is 2.43. The molecule has 0 aromatic heterocycles. The molecule has 0 atom stereocenters. The molecule has 7 heteroatoms. The van der Waals surface area contributed by atoms with E-state index < -0.39 is 10.0 Å². The number of rotatable bonds is 9. The van der Waals surface area contributed by atoms with E-state index in [0.29, 0.717) is 30.0 Å². The molecule has 0 saturated carbocycles. The first-order valence-corrected chi connectivity index (χ1v) is 9.78. The van der Waals surface area contributed by atoms with E-state index in [-0.39, 0.29) is 10.7 Å². The van der Waals surface area contributed by atoms with Crippen molar-refractivity contribution in [3.8, 4) is 0 Å². The van der Waals surface area contributed by atoms with Gasteiger partial charge in [0, 0.05) is 24.4 Å². The number of sulfonamides is 1. The molecule has 0 amide bonds. The smallest absolute Gasteiger partial charge is 0.240 e. The van der Waals surface area contributed by atoms with Crippen LogP contribution in [0.3, 0.4) is 0 Å². The largest absolute Gasteiger partial charge is 0.313 e. The van der Waals surface area contributed by atoms with Gasteiger partial charge in [-0.2, -0.15) is 11.8 Å². The molecule has 1 aromatic rings. The highest BCUT2D eigenvalue weighted by molar-refractivity contribution is 7.98. The first-order valence-electron chi connectivity index (χ1n) is 6.90. The highest BCUT2D eigenvalue weighted by Crippen LogP contribution is 2.19. The third kappa shape index (κ3) is 5.58. The lowest BCUT2D eigenvalue weighted by molar-refractivity contribution is 0.570. The van der Waals surface area contributed by atoms with Crippen LogP contribution in [0, 0.1) is 12.7 Å². The summed E-state index contributed by atoms with van der Waals surface area (Å²) in [4.78, 5) is 0.121. The van der Waals surface area contributed by atoms with Gasteiger partial charge in [0.05, 0.1) is 4.90 Å². The molecule has 0 bridgehead atoms. The zero-order chi connectivity index (χ0) is 15.9. The first-order chi connectivity index (χ1) is 9.92.